The standard InChI is InChI=1S/C23H21F2N6O3S/c1-12-9-13(2)19(14(3)10-12)30-35(33,34)17-7-5-16(6-8-17)27-22(32)21-28-23-26-15(4)11-18(20(24)25)31(23)29-21/h5-11,20H,1-4H3,(H,27,32)/q-1. The molecule has 0 atom stereocenters. The maximum Gasteiger partial charge on any atom is 0.295 e. The second-order valence-electron chi connectivity index (χ2n) is 8.06. The Morgan fingerprint density at radius 2 is 1.63 bits per heavy atom. The van der Waals surface area contributed by atoms with Crippen molar-refractivity contribution in [3.8, 4) is 0 Å². The molecule has 9 nitrogen and oxygen atoms in total. The van der Waals surface area contributed by atoms with Gasteiger partial charge in [0.05, 0.1) is 4.90 Å². The van der Waals surface area contributed by atoms with E-state index >= 15 is 0 Å². The number of halogens is 2. The van der Waals surface area contributed by atoms with Crippen LogP contribution in [-0.4, -0.2) is 33.9 Å². The summed E-state index contributed by atoms with van der Waals surface area (Å²) in [4.78, 5) is 20.5. The van der Waals surface area contributed by atoms with Gasteiger partial charge in [0.1, 0.15) is 15.7 Å². The number of anilines is 1. The minimum absolute atomic E-state index is 0.0537. The fraction of sp³-hybridized carbons (Fsp3) is 0.217. The molecule has 0 fully saturated rings. The number of nitrogens with zero attached hydrogens (tertiary/aromatic N) is 5. The second kappa shape index (κ2) is 9.02. The number of aromatic nitrogens is 4. The van der Waals surface area contributed by atoms with Gasteiger partial charge in [-0.2, -0.15) is 9.50 Å². The second-order valence-corrected chi connectivity index (χ2v) is 9.67. The first kappa shape index (κ1) is 24.2. The Labute approximate surface area is 200 Å². The van der Waals surface area contributed by atoms with Gasteiger partial charge in [0.15, 0.2) is 0 Å². The molecule has 2 aromatic carbocycles. The monoisotopic (exact) mass is 499 g/mol. The summed E-state index contributed by atoms with van der Waals surface area (Å²) in [6.07, 6.45) is -2.83. The number of benzene rings is 2. The lowest BCUT2D eigenvalue weighted by Gasteiger charge is -2.27. The predicted molar refractivity (Wildman–Crippen MR) is 126 cm³/mol. The van der Waals surface area contributed by atoms with Gasteiger partial charge >= 0.3 is 0 Å². The van der Waals surface area contributed by atoms with Gasteiger partial charge in [0, 0.05) is 11.4 Å². The van der Waals surface area contributed by atoms with Crippen molar-refractivity contribution in [1.82, 2.24) is 19.6 Å². The van der Waals surface area contributed by atoms with Crippen LogP contribution in [0.2, 0.25) is 0 Å². The molecular formula is C23H21F2N6O3S-. The SMILES string of the molecule is Cc1cc(C)c([N-]S(=O)(=O)c2ccc(NC(=O)c3nc4nc(C)cc(C(F)F)n4n3)cc2)c(C)c1. The lowest BCUT2D eigenvalue weighted by Crippen LogP contribution is -2.14. The molecule has 0 spiro atoms. The molecule has 0 aliphatic rings. The normalized spacial score (nSPS) is 11.7. The molecule has 0 saturated heterocycles. The van der Waals surface area contributed by atoms with Crippen molar-refractivity contribution >= 4 is 33.1 Å². The third-order valence-corrected chi connectivity index (χ3v) is 6.44. The van der Waals surface area contributed by atoms with E-state index in [2.05, 4.69) is 25.1 Å². The highest BCUT2D eigenvalue weighted by atomic mass is 32.2. The molecule has 0 radical (unpaired) electrons. The van der Waals surface area contributed by atoms with Crippen molar-refractivity contribution in [1.29, 1.82) is 0 Å². The molecule has 182 valence electrons. The quantitative estimate of drug-likeness (QED) is 0.401. The van der Waals surface area contributed by atoms with E-state index in [1.807, 2.05) is 19.1 Å². The Morgan fingerprint density at radius 1 is 1.00 bits per heavy atom. The van der Waals surface area contributed by atoms with Crippen molar-refractivity contribution in [3.63, 3.8) is 0 Å². The molecule has 0 saturated carbocycles. The summed E-state index contributed by atoms with van der Waals surface area (Å²) in [6.45, 7) is 7.04. The summed E-state index contributed by atoms with van der Waals surface area (Å²) in [5.41, 5.74) is 3.02. The zero-order valence-corrected chi connectivity index (χ0v) is 20.1. The molecule has 0 aliphatic heterocycles. The van der Waals surface area contributed by atoms with E-state index in [9.17, 15) is 22.0 Å². The van der Waals surface area contributed by atoms with E-state index in [1.54, 1.807) is 13.8 Å². The molecule has 12 heteroatoms. The van der Waals surface area contributed by atoms with E-state index in [0.717, 1.165) is 27.3 Å². The summed E-state index contributed by atoms with van der Waals surface area (Å²) in [5.74, 6) is -1.25. The molecule has 0 aliphatic carbocycles. The summed E-state index contributed by atoms with van der Waals surface area (Å²) in [6, 6.07) is 10.3. The highest BCUT2D eigenvalue weighted by Gasteiger charge is 2.20. The van der Waals surface area contributed by atoms with E-state index in [-0.39, 0.29) is 22.2 Å². The molecule has 1 N–H and O–H groups in total. The van der Waals surface area contributed by atoms with E-state index in [4.69, 9.17) is 0 Å². The third-order valence-electron chi connectivity index (χ3n) is 5.15. The molecule has 1 amide bonds. The van der Waals surface area contributed by atoms with Crippen LogP contribution in [0.3, 0.4) is 0 Å². The van der Waals surface area contributed by atoms with Crippen LogP contribution in [-0.2, 0) is 10.0 Å². The van der Waals surface area contributed by atoms with Crippen LogP contribution in [0, 0.1) is 27.7 Å². The molecule has 0 bridgehead atoms. The zero-order chi connectivity index (χ0) is 25.5. The maximum absolute atomic E-state index is 13.3. The molecule has 0 unspecified atom stereocenters. The first-order valence-corrected chi connectivity index (χ1v) is 11.9. The fourth-order valence-electron chi connectivity index (χ4n) is 3.65. The number of hydrogen-bond acceptors (Lipinski definition) is 6. The van der Waals surface area contributed by atoms with Crippen LogP contribution in [0.15, 0.2) is 47.4 Å². The van der Waals surface area contributed by atoms with Gasteiger partial charge in [-0.05, 0) is 58.0 Å². The number of hydrogen-bond donors (Lipinski definition) is 1. The van der Waals surface area contributed by atoms with E-state index < -0.39 is 28.0 Å². The Kier molecular flexibility index (Phi) is 6.24. The van der Waals surface area contributed by atoms with Crippen molar-refractivity contribution in [3.05, 3.63) is 81.1 Å². The number of sulfonamides is 1. The number of amides is 1. The number of nitrogens with one attached hydrogen (secondary N) is 1. The maximum atomic E-state index is 13.3. The lowest BCUT2D eigenvalue weighted by molar-refractivity contribution is 0.101. The lowest BCUT2D eigenvalue weighted by atomic mass is 10.1. The first-order chi connectivity index (χ1) is 16.4. The summed E-state index contributed by atoms with van der Waals surface area (Å²) in [5, 5.41) is 6.35. The van der Waals surface area contributed by atoms with E-state index in [0.29, 0.717) is 11.4 Å². The molecule has 2 aromatic heterocycles. The van der Waals surface area contributed by atoms with Crippen molar-refractivity contribution in [2.45, 2.75) is 39.0 Å². The average Bonchev–Trinajstić information content (AvgIpc) is 3.20. The van der Waals surface area contributed by atoms with Crippen LogP contribution < -0.4 is 5.32 Å². The number of fused-ring (bicyclic) bond motifs is 1. The highest BCUT2D eigenvalue weighted by molar-refractivity contribution is 7.94. The van der Waals surface area contributed by atoms with Crippen LogP contribution in [0.4, 0.5) is 20.2 Å². The van der Waals surface area contributed by atoms with Gasteiger partial charge in [-0.1, -0.05) is 28.8 Å². The van der Waals surface area contributed by atoms with Gasteiger partial charge in [-0.3, -0.25) is 4.79 Å². The van der Waals surface area contributed by atoms with Gasteiger partial charge in [0.2, 0.25) is 5.82 Å². The van der Waals surface area contributed by atoms with Gasteiger partial charge in [-0.15, -0.1) is 10.8 Å². The average molecular weight is 500 g/mol. The number of rotatable bonds is 6. The predicted octanol–water partition coefficient (Wildman–Crippen LogP) is 4.94. The fourth-order valence-corrected chi connectivity index (χ4v) is 4.77. The molecular weight excluding hydrogens is 478 g/mol. The van der Waals surface area contributed by atoms with Crippen molar-refractivity contribution < 1.29 is 22.0 Å². The summed E-state index contributed by atoms with van der Waals surface area (Å²) >= 11 is 0. The Hall–Kier alpha value is -3.93. The number of alkyl halides is 2. The van der Waals surface area contributed by atoms with E-state index in [1.165, 1.54) is 31.2 Å². The van der Waals surface area contributed by atoms with Crippen molar-refractivity contribution in [2.24, 2.45) is 0 Å². The first-order valence-electron chi connectivity index (χ1n) is 10.4. The number of carbonyl (C=O) groups excluding carboxylic acids is 1. The molecule has 35 heavy (non-hydrogen) atoms. The Balaban J connectivity index is 1.54. The van der Waals surface area contributed by atoms with Gasteiger partial charge < -0.3 is 10.0 Å². The molecule has 2 heterocycles. The van der Waals surface area contributed by atoms with Crippen LogP contribution in [0.25, 0.3) is 10.5 Å². The number of aryl methyl sites for hydroxylation is 4. The largest absolute Gasteiger partial charge is 0.572 e. The summed E-state index contributed by atoms with van der Waals surface area (Å²) in [7, 11) is -4.00. The van der Waals surface area contributed by atoms with Crippen molar-refractivity contribution in [2.75, 3.05) is 5.32 Å². The number of carbonyl (C=O) groups is 1. The minimum Gasteiger partial charge on any atom is -0.572 e. The smallest absolute Gasteiger partial charge is 0.295 e. The van der Waals surface area contributed by atoms with Gasteiger partial charge in [0.25, 0.3) is 18.1 Å². The minimum atomic E-state index is -4.00. The van der Waals surface area contributed by atoms with Gasteiger partial charge in [-0.25, -0.2) is 22.2 Å². The van der Waals surface area contributed by atoms with Crippen LogP contribution in [0.5, 0.6) is 0 Å². The summed E-state index contributed by atoms with van der Waals surface area (Å²) < 4.78 is 57.0. The van der Waals surface area contributed by atoms with Crippen LogP contribution >= 0.6 is 0 Å². The molecule has 4 aromatic rings. The topological polar surface area (TPSA) is 120 Å². The van der Waals surface area contributed by atoms with Crippen LogP contribution in [0.1, 0.15) is 45.1 Å². The Bertz CT molecular complexity index is 1530. The zero-order valence-electron chi connectivity index (χ0n) is 19.2. The Morgan fingerprint density at radius 3 is 2.23 bits per heavy atom. The highest BCUT2D eigenvalue weighted by Crippen LogP contribution is 2.34. The molecule has 4 rings (SSSR count). The third kappa shape index (κ3) is 4.97.